The molecule has 136 valence electrons. The van der Waals surface area contributed by atoms with Crippen molar-refractivity contribution in [3.05, 3.63) is 51.5 Å². The Balaban J connectivity index is 1.43. The normalized spacial score (nSPS) is 19.3. The monoisotopic (exact) mass is 372 g/mol. The zero-order valence-electron chi connectivity index (χ0n) is 14.5. The number of hydrogen-bond donors (Lipinski definition) is 1. The van der Waals surface area contributed by atoms with E-state index in [9.17, 15) is 14.0 Å². The summed E-state index contributed by atoms with van der Waals surface area (Å²) in [6.07, 6.45) is 4.43. The highest BCUT2D eigenvalue weighted by Gasteiger charge is 2.29. The van der Waals surface area contributed by atoms with E-state index in [1.54, 1.807) is 23.5 Å². The van der Waals surface area contributed by atoms with Gasteiger partial charge in [-0.15, -0.1) is 11.3 Å². The van der Waals surface area contributed by atoms with Crippen LogP contribution >= 0.6 is 11.3 Å². The number of halogens is 1. The van der Waals surface area contributed by atoms with E-state index in [2.05, 4.69) is 5.32 Å². The summed E-state index contributed by atoms with van der Waals surface area (Å²) in [6.45, 7) is 1.70. The van der Waals surface area contributed by atoms with Crippen LogP contribution in [0.25, 0.3) is 0 Å². The molecular formula is C20H21FN2O2S. The highest BCUT2D eigenvalue weighted by Crippen LogP contribution is 2.34. The van der Waals surface area contributed by atoms with Crippen LogP contribution in [-0.4, -0.2) is 29.8 Å². The minimum atomic E-state index is -0.321. The Morgan fingerprint density at radius 2 is 1.88 bits per heavy atom. The van der Waals surface area contributed by atoms with Crippen molar-refractivity contribution < 1.29 is 14.0 Å². The van der Waals surface area contributed by atoms with E-state index >= 15 is 0 Å². The van der Waals surface area contributed by atoms with E-state index in [1.165, 1.54) is 17.0 Å². The summed E-state index contributed by atoms with van der Waals surface area (Å²) < 4.78 is 13.0. The average Bonchev–Trinajstić information content (AvgIpc) is 3.32. The number of likely N-dealkylation sites (tertiary alicyclic amines) is 1. The summed E-state index contributed by atoms with van der Waals surface area (Å²) in [5, 5.41) is 2.87. The predicted octanol–water partition coefficient (Wildman–Crippen LogP) is 3.87. The molecule has 26 heavy (non-hydrogen) atoms. The molecule has 1 saturated heterocycles. The summed E-state index contributed by atoms with van der Waals surface area (Å²) in [6, 6.07) is 7.79. The average molecular weight is 372 g/mol. The second-order valence-electron chi connectivity index (χ2n) is 6.99. The Bertz CT molecular complexity index is 825. The van der Waals surface area contributed by atoms with Crippen LogP contribution in [0.3, 0.4) is 0 Å². The standard InChI is InChI=1S/C20H21FN2O2S/c21-15-4-6-16(7-5-15)22-19(24)13-3-8-17-14(11-13)12-18(26-17)20(25)23-9-1-2-10-23/h4-7,12-13H,1-3,8-11H2,(H,22,24). The lowest BCUT2D eigenvalue weighted by Crippen LogP contribution is -2.27. The second-order valence-corrected chi connectivity index (χ2v) is 8.13. The maximum atomic E-state index is 13.0. The van der Waals surface area contributed by atoms with Gasteiger partial charge in [0, 0.05) is 29.6 Å². The van der Waals surface area contributed by atoms with Gasteiger partial charge >= 0.3 is 0 Å². The number of nitrogens with one attached hydrogen (secondary N) is 1. The van der Waals surface area contributed by atoms with E-state index in [4.69, 9.17) is 0 Å². The number of fused-ring (bicyclic) bond motifs is 1. The molecule has 1 aromatic carbocycles. The largest absolute Gasteiger partial charge is 0.338 e. The van der Waals surface area contributed by atoms with Gasteiger partial charge in [-0.05, 0) is 68.0 Å². The smallest absolute Gasteiger partial charge is 0.263 e. The molecular weight excluding hydrogens is 351 g/mol. The number of anilines is 1. The maximum absolute atomic E-state index is 13.0. The van der Waals surface area contributed by atoms with Gasteiger partial charge in [-0.3, -0.25) is 9.59 Å². The van der Waals surface area contributed by atoms with Crippen LogP contribution < -0.4 is 5.32 Å². The third kappa shape index (κ3) is 3.51. The molecule has 1 aliphatic heterocycles. The van der Waals surface area contributed by atoms with Gasteiger partial charge in [0.25, 0.3) is 5.91 Å². The summed E-state index contributed by atoms with van der Waals surface area (Å²) in [7, 11) is 0. The molecule has 1 atom stereocenters. The minimum absolute atomic E-state index is 0.0409. The van der Waals surface area contributed by atoms with Crippen LogP contribution in [0.1, 0.15) is 39.4 Å². The lowest BCUT2D eigenvalue weighted by molar-refractivity contribution is -0.120. The fourth-order valence-electron chi connectivity index (χ4n) is 3.71. The van der Waals surface area contributed by atoms with Crippen molar-refractivity contribution in [3.8, 4) is 0 Å². The van der Waals surface area contributed by atoms with Crippen LogP contribution in [0.5, 0.6) is 0 Å². The third-order valence-corrected chi connectivity index (χ3v) is 6.39. The predicted molar refractivity (Wildman–Crippen MR) is 100 cm³/mol. The highest BCUT2D eigenvalue weighted by molar-refractivity contribution is 7.14. The van der Waals surface area contributed by atoms with E-state index in [1.807, 2.05) is 11.0 Å². The molecule has 1 unspecified atom stereocenters. The first-order valence-electron chi connectivity index (χ1n) is 9.07. The Kier molecular flexibility index (Phi) is 4.76. The number of amides is 2. The van der Waals surface area contributed by atoms with Crippen LogP contribution in [0.15, 0.2) is 30.3 Å². The molecule has 0 bridgehead atoms. The lowest BCUT2D eigenvalue weighted by Gasteiger charge is -2.21. The summed E-state index contributed by atoms with van der Waals surface area (Å²) in [5.41, 5.74) is 1.74. The van der Waals surface area contributed by atoms with Crippen molar-refractivity contribution in [2.75, 3.05) is 18.4 Å². The fourth-order valence-corrected chi connectivity index (χ4v) is 4.88. The van der Waals surface area contributed by atoms with Gasteiger partial charge in [0.1, 0.15) is 5.82 Å². The van der Waals surface area contributed by atoms with Crippen LogP contribution in [-0.2, 0) is 17.6 Å². The molecule has 4 nitrogen and oxygen atoms in total. The summed E-state index contributed by atoms with van der Waals surface area (Å²) in [5.74, 6) is -0.342. The topological polar surface area (TPSA) is 49.4 Å². The molecule has 2 aromatic rings. The summed E-state index contributed by atoms with van der Waals surface area (Å²) in [4.78, 5) is 29.1. The first-order valence-corrected chi connectivity index (χ1v) is 9.89. The highest BCUT2D eigenvalue weighted by atomic mass is 32.1. The Labute approximate surface area is 156 Å². The van der Waals surface area contributed by atoms with Gasteiger partial charge in [-0.2, -0.15) is 0 Å². The molecule has 6 heteroatoms. The number of hydrogen-bond acceptors (Lipinski definition) is 3. The molecule has 0 radical (unpaired) electrons. The zero-order chi connectivity index (χ0) is 18.1. The van der Waals surface area contributed by atoms with Gasteiger partial charge < -0.3 is 10.2 Å². The van der Waals surface area contributed by atoms with Gasteiger partial charge in [0.15, 0.2) is 0 Å². The van der Waals surface area contributed by atoms with Crippen LogP contribution in [0.4, 0.5) is 10.1 Å². The molecule has 1 fully saturated rings. The zero-order valence-corrected chi connectivity index (χ0v) is 15.3. The van der Waals surface area contributed by atoms with Gasteiger partial charge in [-0.25, -0.2) is 4.39 Å². The quantitative estimate of drug-likeness (QED) is 0.889. The Hall–Kier alpha value is -2.21. The number of benzene rings is 1. The molecule has 1 aliphatic carbocycles. The number of carbonyl (C=O) groups is 2. The third-order valence-electron chi connectivity index (χ3n) is 5.17. The first kappa shape index (κ1) is 17.2. The van der Waals surface area contributed by atoms with E-state index in [-0.39, 0.29) is 23.5 Å². The van der Waals surface area contributed by atoms with Crippen molar-refractivity contribution >= 4 is 28.8 Å². The molecule has 0 saturated carbocycles. The fraction of sp³-hybridized carbons (Fsp3) is 0.400. The van der Waals surface area contributed by atoms with Crippen molar-refractivity contribution in [1.29, 1.82) is 0 Å². The minimum Gasteiger partial charge on any atom is -0.338 e. The van der Waals surface area contributed by atoms with Gasteiger partial charge in [0.2, 0.25) is 5.91 Å². The van der Waals surface area contributed by atoms with Gasteiger partial charge in [-0.1, -0.05) is 0 Å². The van der Waals surface area contributed by atoms with Crippen molar-refractivity contribution in [3.63, 3.8) is 0 Å². The Morgan fingerprint density at radius 1 is 1.15 bits per heavy atom. The first-order chi connectivity index (χ1) is 12.6. The molecule has 1 aromatic heterocycles. The van der Waals surface area contributed by atoms with E-state index in [0.717, 1.165) is 49.2 Å². The molecule has 2 aliphatic rings. The van der Waals surface area contributed by atoms with Crippen LogP contribution in [0, 0.1) is 11.7 Å². The SMILES string of the molecule is O=C(Nc1ccc(F)cc1)C1CCc2sc(C(=O)N3CCCC3)cc2C1. The number of nitrogens with zero attached hydrogens (tertiary/aromatic N) is 1. The van der Waals surface area contributed by atoms with E-state index in [0.29, 0.717) is 12.1 Å². The molecule has 0 spiro atoms. The van der Waals surface area contributed by atoms with Crippen molar-refractivity contribution in [1.82, 2.24) is 4.90 Å². The van der Waals surface area contributed by atoms with Crippen molar-refractivity contribution in [2.24, 2.45) is 5.92 Å². The molecule has 4 rings (SSSR count). The second kappa shape index (κ2) is 7.19. The Morgan fingerprint density at radius 3 is 2.62 bits per heavy atom. The number of aryl methyl sites for hydroxylation is 1. The van der Waals surface area contributed by atoms with Crippen molar-refractivity contribution in [2.45, 2.75) is 32.1 Å². The van der Waals surface area contributed by atoms with E-state index < -0.39 is 0 Å². The molecule has 2 amide bonds. The number of thiophene rings is 1. The summed E-state index contributed by atoms with van der Waals surface area (Å²) >= 11 is 1.59. The van der Waals surface area contributed by atoms with Crippen LogP contribution in [0.2, 0.25) is 0 Å². The molecule has 2 heterocycles. The number of carbonyl (C=O) groups excluding carboxylic acids is 2. The van der Waals surface area contributed by atoms with Gasteiger partial charge in [0.05, 0.1) is 4.88 Å². The lowest BCUT2D eigenvalue weighted by atomic mass is 9.87. The molecule has 1 N–H and O–H groups in total. The number of rotatable bonds is 3. The maximum Gasteiger partial charge on any atom is 0.263 e.